The molecule has 33 heavy (non-hydrogen) atoms. The minimum atomic E-state index is -1.78. The van der Waals surface area contributed by atoms with Crippen molar-refractivity contribution in [2.75, 3.05) is 63.8 Å². The van der Waals surface area contributed by atoms with Crippen molar-refractivity contribution in [2.45, 2.75) is 37.4 Å². The highest BCUT2D eigenvalue weighted by Gasteiger charge is 2.45. The van der Waals surface area contributed by atoms with Crippen LogP contribution in [0.5, 0.6) is 0 Å². The average Bonchev–Trinajstić information content (AvgIpc) is 2.85. The lowest BCUT2D eigenvalue weighted by Gasteiger charge is -2.42. The van der Waals surface area contributed by atoms with Gasteiger partial charge in [0.15, 0.2) is 11.5 Å². The Morgan fingerprint density at radius 3 is 2.73 bits per heavy atom. The third-order valence-corrected chi connectivity index (χ3v) is 6.81. The van der Waals surface area contributed by atoms with E-state index in [2.05, 4.69) is 9.88 Å². The quantitative estimate of drug-likeness (QED) is 0.627. The van der Waals surface area contributed by atoms with Crippen molar-refractivity contribution >= 4 is 17.4 Å². The number of ether oxygens (including phenoxy) is 2. The first-order valence-electron chi connectivity index (χ1n) is 11.6. The second-order valence-electron chi connectivity index (χ2n) is 8.98. The van der Waals surface area contributed by atoms with Gasteiger partial charge in [0.05, 0.1) is 11.9 Å². The number of anilines is 2. The van der Waals surface area contributed by atoms with Gasteiger partial charge in [0.25, 0.3) is 5.91 Å². The summed E-state index contributed by atoms with van der Waals surface area (Å²) in [5, 5.41) is 0. The summed E-state index contributed by atoms with van der Waals surface area (Å²) in [6.45, 7) is 3.89. The van der Waals surface area contributed by atoms with Gasteiger partial charge in [0.2, 0.25) is 0 Å². The summed E-state index contributed by atoms with van der Waals surface area (Å²) in [6.07, 6.45) is 9.30. The number of amides is 1. The molecule has 0 radical (unpaired) electrons. The first-order chi connectivity index (χ1) is 16.0. The summed E-state index contributed by atoms with van der Waals surface area (Å²) in [5.41, 5.74) is 6.12. The number of carbonyl (C=O) groups is 1. The van der Waals surface area contributed by atoms with Crippen LogP contribution in [0, 0.1) is 0 Å². The van der Waals surface area contributed by atoms with E-state index in [9.17, 15) is 4.79 Å². The summed E-state index contributed by atoms with van der Waals surface area (Å²) in [6, 6.07) is 3.75. The lowest BCUT2D eigenvalue weighted by atomic mass is 9.90. The fourth-order valence-electron chi connectivity index (χ4n) is 4.86. The molecule has 4 rings (SSSR count). The van der Waals surface area contributed by atoms with Crippen LogP contribution in [-0.2, 0) is 14.3 Å². The number of rotatable bonds is 7. The van der Waals surface area contributed by atoms with Gasteiger partial charge in [-0.3, -0.25) is 9.69 Å². The second-order valence-corrected chi connectivity index (χ2v) is 8.98. The highest BCUT2D eigenvalue weighted by molar-refractivity contribution is 5.85. The first-order valence-corrected chi connectivity index (χ1v) is 11.6. The van der Waals surface area contributed by atoms with E-state index in [1.165, 1.54) is 5.57 Å². The third kappa shape index (κ3) is 5.47. The van der Waals surface area contributed by atoms with Gasteiger partial charge >= 0.3 is 0 Å². The Morgan fingerprint density at radius 1 is 1.33 bits per heavy atom. The number of carbonyl (C=O) groups excluding carboxylic acids is 1. The number of piperidine rings is 2. The zero-order valence-electron chi connectivity index (χ0n) is 19.3. The third-order valence-electron chi connectivity index (χ3n) is 6.81. The molecule has 2 fully saturated rings. The van der Waals surface area contributed by atoms with Crippen LogP contribution in [0.25, 0.3) is 0 Å². The van der Waals surface area contributed by atoms with Crippen molar-refractivity contribution in [1.29, 1.82) is 0 Å². The summed E-state index contributed by atoms with van der Waals surface area (Å²) >= 11 is 0. The molecule has 0 bridgehead atoms. The van der Waals surface area contributed by atoms with Crippen molar-refractivity contribution in [1.82, 2.24) is 14.8 Å². The van der Waals surface area contributed by atoms with E-state index < -0.39 is 5.67 Å². The molecule has 3 aliphatic rings. The normalized spacial score (nSPS) is 21.4. The second kappa shape index (κ2) is 10.5. The van der Waals surface area contributed by atoms with Gasteiger partial charge in [-0.1, -0.05) is 0 Å². The number of nitrogen functional groups attached to an aromatic ring is 1. The first kappa shape index (κ1) is 23.5. The van der Waals surface area contributed by atoms with Gasteiger partial charge in [0.1, 0.15) is 13.3 Å². The van der Waals surface area contributed by atoms with E-state index >= 15 is 4.39 Å². The molecular weight excluding hydrogens is 425 g/mol. The number of nitrogens with two attached hydrogens (primary N) is 1. The molecule has 4 heterocycles. The van der Waals surface area contributed by atoms with Crippen molar-refractivity contribution in [3.05, 3.63) is 42.3 Å². The molecule has 0 spiro atoms. The van der Waals surface area contributed by atoms with Crippen molar-refractivity contribution in [3.63, 3.8) is 0 Å². The zero-order valence-corrected chi connectivity index (χ0v) is 19.3. The zero-order chi connectivity index (χ0) is 23.3. The van der Waals surface area contributed by atoms with Crippen LogP contribution < -0.4 is 10.6 Å². The topological polar surface area (TPSA) is 84.2 Å². The molecular formula is C24H34FN5O3. The number of likely N-dealkylation sites (tertiary alicyclic amines) is 2. The molecule has 0 saturated carbocycles. The molecule has 3 aliphatic heterocycles. The van der Waals surface area contributed by atoms with E-state index in [4.69, 9.17) is 15.2 Å². The Hall–Kier alpha value is -2.65. The predicted molar refractivity (Wildman–Crippen MR) is 125 cm³/mol. The minimum Gasteiger partial charge on any atom is -0.497 e. The smallest absolute Gasteiger partial charge is 0.260 e. The largest absolute Gasteiger partial charge is 0.497 e. The number of pyridine rings is 1. The van der Waals surface area contributed by atoms with Crippen molar-refractivity contribution in [3.8, 4) is 0 Å². The Morgan fingerprint density at radius 2 is 2.09 bits per heavy atom. The lowest BCUT2D eigenvalue weighted by molar-refractivity contribution is -0.148. The monoisotopic (exact) mass is 459 g/mol. The fraction of sp³-hybridized carbons (Fsp3) is 0.583. The van der Waals surface area contributed by atoms with Crippen LogP contribution in [0.3, 0.4) is 0 Å². The number of nitrogens with zero attached hydrogens (tertiary/aromatic N) is 4. The average molecular weight is 460 g/mol. The number of alkyl halides is 1. The number of halogens is 1. The lowest BCUT2D eigenvalue weighted by Crippen LogP contribution is -2.56. The van der Waals surface area contributed by atoms with Crippen LogP contribution in [0.2, 0.25) is 0 Å². The van der Waals surface area contributed by atoms with Crippen LogP contribution in [0.4, 0.5) is 15.9 Å². The standard InChI is InChI=1S/C24H34FN5O3/c1-32-18-30(22-21(26)3-2-10-27-22)20-4-11-29(12-5-20)23(31)24(25)8-13-28(14-9-24)17-19-6-15-33-16-7-19/h2-3,6-7,10,15,20H,4-5,8-9,11-14,16-18,26H2,1H3. The summed E-state index contributed by atoms with van der Waals surface area (Å²) in [4.78, 5) is 23.5. The van der Waals surface area contributed by atoms with E-state index in [1.54, 1.807) is 30.5 Å². The van der Waals surface area contributed by atoms with Crippen molar-refractivity contribution in [2.24, 2.45) is 0 Å². The Bertz CT molecular complexity index is 877. The summed E-state index contributed by atoms with van der Waals surface area (Å²) < 4.78 is 26.2. The van der Waals surface area contributed by atoms with Gasteiger partial charge < -0.3 is 25.0 Å². The maximum atomic E-state index is 15.7. The van der Waals surface area contributed by atoms with E-state index in [0.29, 0.717) is 51.0 Å². The molecule has 0 aromatic carbocycles. The molecule has 0 atom stereocenters. The highest BCUT2D eigenvalue weighted by atomic mass is 19.1. The Kier molecular flexibility index (Phi) is 7.49. The summed E-state index contributed by atoms with van der Waals surface area (Å²) in [7, 11) is 1.64. The van der Waals surface area contributed by atoms with Gasteiger partial charge in [-0.25, -0.2) is 9.37 Å². The van der Waals surface area contributed by atoms with Gasteiger partial charge in [-0.15, -0.1) is 0 Å². The number of hydrogen-bond donors (Lipinski definition) is 1. The Labute approximate surface area is 194 Å². The maximum absolute atomic E-state index is 15.7. The molecule has 9 heteroatoms. The summed E-state index contributed by atoms with van der Waals surface area (Å²) in [5.74, 6) is 0.328. The molecule has 180 valence electrons. The molecule has 2 N–H and O–H groups in total. The highest BCUT2D eigenvalue weighted by Crippen LogP contribution is 2.32. The molecule has 1 amide bonds. The maximum Gasteiger partial charge on any atom is 0.260 e. The van der Waals surface area contributed by atoms with Crippen LogP contribution in [0.15, 0.2) is 42.3 Å². The molecule has 2 saturated heterocycles. The predicted octanol–water partition coefficient (Wildman–Crippen LogP) is 2.34. The van der Waals surface area contributed by atoms with Crippen LogP contribution in [0.1, 0.15) is 25.7 Å². The van der Waals surface area contributed by atoms with Gasteiger partial charge in [-0.2, -0.15) is 0 Å². The molecule has 0 aliphatic carbocycles. The van der Waals surface area contributed by atoms with E-state index in [0.717, 1.165) is 19.4 Å². The molecule has 1 aromatic rings. The van der Waals surface area contributed by atoms with E-state index in [1.807, 2.05) is 23.1 Å². The molecule has 0 unspecified atom stereocenters. The van der Waals surface area contributed by atoms with Crippen molar-refractivity contribution < 1.29 is 18.7 Å². The van der Waals surface area contributed by atoms with Gasteiger partial charge in [-0.05, 0) is 42.7 Å². The van der Waals surface area contributed by atoms with Crippen LogP contribution in [-0.4, -0.2) is 85.6 Å². The number of hydrogen-bond acceptors (Lipinski definition) is 7. The Balaban J connectivity index is 1.31. The molecule has 1 aromatic heterocycles. The fourth-order valence-corrected chi connectivity index (χ4v) is 4.86. The molecule has 8 nitrogen and oxygen atoms in total. The minimum absolute atomic E-state index is 0.129. The number of methoxy groups -OCH3 is 1. The van der Waals surface area contributed by atoms with E-state index in [-0.39, 0.29) is 24.8 Å². The number of aromatic nitrogens is 1. The van der Waals surface area contributed by atoms with Gasteiger partial charge in [0, 0.05) is 64.9 Å². The van der Waals surface area contributed by atoms with Crippen LogP contribution >= 0.6 is 0 Å². The SMILES string of the molecule is COCN(c1ncccc1N)C1CCN(C(=O)C2(F)CCN(CC3=CCOC=C3)CC2)CC1.